The Morgan fingerprint density at radius 1 is 1.13 bits per heavy atom. The summed E-state index contributed by atoms with van der Waals surface area (Å²) in [5.41, 5.74) is 2.70. The summed E-state index contributed by atoms with van der Waals surface area (Å²) >= 11 is 0. The maximum absolute atomic E-state index is 13.5. The number of Topliss-reactive ketones (excluding diaryl/α,β-unsaturated/α-hetero) is 1. The summed E-state index contributed by atoms with van der Waals surface area (Å²) in [6.07, 6.45) is -9.40. The van der Waals surface area contributed by atoms with E-state index >= 15 is 0 Å². The number of rotatable bonds is 8. The van der Waals surface area contributed by atoms with Gasteiger partial charge in [0, 0.05) is 24.9 Å². The van der Waals surface area contributed by atoms with Crippen LogP contribution in [0.25, 0.3) is 0 Å². The fourth-order valence-electron chi connectivity index (χ4n) is 5.87. The number of likely N-dealkylation sites (tertiary alicyclic amines) is 1. The normalized spacial score (nSPS) is 27.9. The van der Waals surface area contributed by atoms with Crippen LogP contribution in [0.3, 0.4) is 0 Å². The molecule has 1 aromatic carbocycles. The first-order valence-electron chi connectivity index (χ1n) is 11.9. The van der Waals surface area contributed by atoms with Gasteiger partial charge in [-0.15, -0.1) is 13.2 Å². The minimum absolute atomic E-state index is 0.0512. The number of primary amides is 1. The van der Waals surface area contributed by atoms with Crippen molar-refractivity contribution in [2.45, 2.75) is 44.3 Å². The van der Waals surface area contributed by atoms with Crippen molar-refractivity contribution in [2.24, 2.45) is 28.9 Å². The fourth-order valence-corrected chi connectivity index (χ4v) is 5.87. The number of ether oxygens (including phenoxy) is 1. The number of nitrogens with one attached hydrogen (secondary N) is 1. The average Bonchev–Trinajstić information content (AvgIpc) is 3.13. The maximum Gasteiger partial charge on any atom is 0.522 e. The largest absolute Gasteiger partial charge is 0.522 e. The number of carbonyl (C=O) groups is 4. The number of hydrogen-bond donors (Lipinski definition) is 2. The Hall–Kier alpha value is -3.16. The molecule has 208 valence electrons. The molecule has 3 amide bonds. The van der Waals surface area contributed by atoms with E-state index in [2.05, 4.69) is 10.1 Å². The van der Waals surface area contributed by atoms with Gasteiger partial charge in [0.05, 0.1) is 11.1 Å². The number of carbonyl (C=O) groups excluding carboxylic acids is 4. The number of alkyl halides is 6. The molecule has 38 heavy (non-hydrogen) atoms. The Labute approximate surface area is 212 Å². The third-order valence-electron chi connectivity index (χ3n) is 7.75. The van der Waals surface area contributed by atoms with Crippen molar-refractivity contribution < 1.29 is 50.3 Å². The summed E-state index contributed by atoms with van der Waals surface area (Å²) < 4.78 is 82.1. The van der Waals surface area contributed by atoms with Crippen LogP contribution >= 0.6 is 0 Å². The van der Waals surface area contributed by atoms with E-state index in [0.717, 1.165) is 23.1 Å². The Kier molecular flexibility index (Phi) is 7.23. The number of nitrogens with two attached hydrogens (primary N) is 1. The highest BCUT2D eigenvalue weighted by Gasteiger charge is 2.65. The standard InChI is InChI=1S/C24H25F6N3O5/c25-23(26,27)15-4-2-1-3-13(15)21(37)33-11-22(9-17(33)19(31)35)8-16(22)14(7-12-5-6-32-20(12)36)18(34)10-38-24(28,29)30/h1-4,12,14,16-17H,5-11H2,(H2,31,35)(H,32,36)/t12-,14+,16?,17?,22?/m1/s1. The molecule has 0 bridgehead atoms. The van der Waals surface area contributed by atoms with Crippen LogP contribution in [0.5, 0.6) is 0 Å². The van der Waals surface area contributed by atoms with Gasteiger partial charge in [0.15, 0.2) is 5.78 Å². The van der Waals surface area contributed by atoms with E-state index in [4.69, 9.17) is 5.73 Å². The van der Waals surface area contributed by atoms with Crippen molar-refractivity contribution in [3.8, 4) is 0 Å². The molecular formula is C24H25F6N3O5. The summed E-state index contributed by atoms with van der Waals surface area (Å²) in [5, 5.41) is 2.60. The monoisotopic (exact) mass is 549 g/mol. The summed E-state index contributed by atoms with van der Waals surface area (Å²) in [4.78, 5) is 51.4. The van der Waals surface area contributed by atoms with E-state index in [9.17, 15) is 45.5 Å². The van der Waals surface area contributed by atoms with Gasteiger partial charge in [0.2, 0.25) is 11.8 Å². The molecule has 2 heterocycles. The Morgan fingerprint density at radius 2 is 1.82 bits per heavy atom. The highest BCUT2D eigenvalue weighted by atomic mass is 19.4. The SMILES string of the molecule is NC(=O)C1CC2(CC2[C@H](C[C@H]2CCNC2=O)C(=O)COC(F)(F)F)CN1C(=O)c1ccccc1C(F)(F)F. The second-order valence-electron chi connectivity index (χ2n) is 10.1. The van der Waals surface area contributed by atoms with Gasteiger partial charge in [-0.25, -0.2) is 0 Å². The maximum atomic E-state index is 13.5. The van der Waals surface area contributed by atoms with Crippen LogP contribution in [0.1, 0.15) is 41.6 Å². The van der Waals surface area contributed by atoms with E-state index in [1.807, 2.05) is 0 Å². The van der Waals surface area contributed by atoms with Gasteiger partial charge in [-0.1, -0.05) is 12.1 Å². The van der Waals surface area contributed by atoms with Crippen LogP contribution in [0.4, 0.5) is 26.3 Å². The van der Waals surface area contributed by atoms with Crippen LogP contribution < -0.4 is 11.1 Å². The third kappa shape index (κ3) is 5.64. The smallest absolute Gasteiger partial charge is 0.368 e. The number of nitrogens with zero attached hydrogens (tertiary/aromatic N) is 1. The summed E-state index contributed by atoms with van der Waals surface area (Å²) in [6.45, 7) is -1.13. The average molecular weight is 549 g/mol. The molecule has 1 saturated carbocycles. The molecule has 3 fully saturated rings. The zero-order valence-corrected chi connectivity index (χ0v) is 19.9. The molecule has 1 aromatic rings. The van der Waals surface area contributed by atoms with Crippen molar-refractivity contribution in [3.05, 3.63) is 35.4 Å². The quantitative estimate of drug-likeness (QED) is 0.484. The van der Waals surface area contributed by atoms with Crippen LogP contribution in [0, 0.1) is 23.2 Å². The molecule has 2 saturated heterocycles. The lowest BCUT2D eigenvalue weighted by molar-refractivity contribution is -0.321. The second-order valence-corrected chi connectivity index (χ2v) is 10.1. The van der Waals surface area contributed by atoms with Crippen molar-refractivity contribution in [3.63, 3.8) is 0 Å². The molecule has 0 aromatic heterocycles. The lowest BCUT2D eigenvalue weighted by Gasteiger charge is -2.24. The number of hydrogen-bond acceptors (Lipinski definition) is 5. The molecule has 1 spiro atoms. The van der Waals surface area contributed by atoms with Crippen molar-refractivity contribution in [1.29, 1.82) is 0 Å². The lowest BCUT2D eigenvalue weighted by atomic mass is 9.83. The highest BCUT2D eigenvalue weighted by Crippen LogP contribution is 2.64. The summed E-state index contributed by atoms with van der Waals surface area (Å²) in [5.74, 6) is -5.51. The van der Waals surface area contributed by atoms with Crippen molar-refractivity contribution >= 4 is 23.5 Å². The van der Waals surface area contributed by atoms with Crippen LogP contribution in [0.15, 0.2) is 24.3 Å². The molecule has 14 heteroatoms. The van der Waals surface area contributed by atoms with Gasteiger partial charge in [-0.05, 0) is 49.1 Å². The molecule has 3 unspecified atom stereocenters. The first-order chi connectivity index (χ1) is 17.6. The highest BCUT2D eigenvalue weighted by molar-refractivity contribution is 5.99. The molecule has 3 N–H and O–H groups in total. The third-order valence-corrected chi connectivity index (χ3v) is 7.75. The predicted octanol–water partition coefficient (Wildman–Crippen LogP) is 2.66. The van der Waals surface area contributed by atoms with Gasteiger partial charge < -0.3 is 16.0 Å². The molecule has 2 aliphatic heterocycles. The molecule has 3 aliphatic rings. The molecular weight excluding hydrogens is 524 g/mol. The number of ketones is 1. The van der Waals surface area contributed by atoms with E-state index in [1.165, 1.54) is 6.07 Å². The van der Waals surface area contributed by atoms with Crippen molar-refractivity contribution in [1.82, 2.24) is 10.2 Å². The number of benzene rings is 1. The molecule has 1 aliphatic carbocycles. The predicted molar refractivity (Wildman–Crippen MR) is 117 cm³/mol. The fraction of sp³-hybridized carbons (Fsp3) is 0.583. The summed E-state index contributed by atoms with van der Waals surface area (Å²) in [7, 11) is 0. The zero-order chi connectivity index (χ0) is 28.0. The molecule has 8 nitrogen and oxygen atoms in total. The van der Waals surface area contributed by atoms with Gasteiger partial charge >= 0.3 is 12.5 Å². The van der Waals surface area contributed by atoms with E-state index < -0.39 is 77.1 Å². The number of amides is 3. The minimum atomic E-state index is -5.05. The summed E-state index contributed by atoms with van der Waals surface area (Å²) in [6, 6.07) is 2.81. The number of halogens is 6. The lowest BCUT2D eigenvalue weighted by Crippen LogP contribution is -2.44. The minimum Gasteiger partial charge on any atom is -0.368 e. The van der Waals surface area contributed by atoms with Crippen LogP contribution in [0.2, 0.25) is 0 Å². The van der Waals surface area contributed by atoms with Crippen LogP contribution in [-0.4, -0.2) is 60.5 Å². The van der Waals surface area contributed by atoms with Gasteiger partial charge in [-0.3, -0.25) is 23.9 Å². The Balaban J connectivity index is 1.59. The van der Waals surface area contributed by atoms with E-state index in [0.29, 0.717) is 13.0 Å². The van der Waals surface area contributed by atoms with Gasteiger partial charge in [-0.2, -0.15) is 13.2 Å². The molecule has 5 atom stereocenters. The molecule has 4 rings (SSSR count). The molecule has 0 radical (unpaired) electrons. The van der Waals surface area contributed by atoms with E-state index in [-0.39, 0.29) is 31.7 Å². The first kappa shape index (κ1) is 27.9. The second kappa shape index (κ2) is 9.86. The Bertz CT molecular complexity index is 1140. The Morgan fingerprint density at radius 3 is 2.39 bits per heavy atom. The van der Waals surface area contributed by atoms with Crippen LogP contribution in [-0.2, 0) is 25.3 Å². The van der Waals surface area contributed by atoms with Crippen molar-refractivity contribution in [2.75, 3.05) is 19.7 Å². The first-order valence-corrected chi connectivity index (χ1v) is 11.9. The van der Waals surface area contributed by atoms with Gasteiger partial charge in [0.25, 0.3) is 5.91 Å². The topological polar surface area (TPSA) is 119 Å². The van der Waals surface area contributed by atoms with E-state index in [1.54, 1.807) is 0 Å². The zero-order valence-electron chi connectivity index (χ0n) is 19.9. The van der Waals surface area contributed by atoms with Gasteiger partial charge in [0.1, 0.15) is 12.6 Å².